The molecule has 7 nitrogen and oxygen atoms in total. The predicted octanol–water partition coefficient (Wildman–Crippen LogP) is 1.32. The van der Waals surface area contributed by atoms with E-state index in [1.165, 1.54) is 16.8 Å². The number of nitrogens with zero attached hydrogens (tertiary/aromatic N) is 4. The van der Waals surface area contributed by atoms with E-state index in [9.17, 15) is 9.59 Å². The average Bonchev–Trinajstić information content (AvgIpc) is 3.28. The Kier molecular flexibility index (Phi) is 4.97. The molecule has 122 valence electrons. The lowest BCUT2D eigenvalue weighted by atomic mass is 10.4. The molecule has 0 bridgehead atoms. The lowest BCUT2D eigenvalue weighted by Gasteiger charge is -2.07. The van der Waals surface area contributed by atoms with Crippen molar-refractivity contribution in [1.82, 2.24) is 24.6 Å². The minimum absolute atomic E-state index is 0.206. The monoisotopic (exact) mass is 341 g/mol. The number of rotatable bonds is 6. The van der Waals surface area contributed by atoms with Crippen molar-refractivity contribution >= 4 is 23.3 Å². The molecular formula is C16H15N5O2S. The second-order valence-corrected chi connectivity index (χ2v) is 5.84. The van der Waals surface area contributed by atoms with Gasteiger partial charge in [-0.05, 0) is 23.6 Å². The van der Waals surface area contributed by atoms with E-state index in [4.69, 9.17) is 0 Å². The molecule has 0 saturated heterocycles. The van der Waals surface area contributed by atoms with Gasteiger partial charge in [0.1, 0.15) is 6.33 Å². The maximum atomic E-state index is 11.8. The number of imidazole rings is 1. The van der Waals surface area contributed by atoms with Crippen molar-refractivity contribution in [3.8, 4) is 5.82 Å². The largest absolute Gasteiger partial charge is 0.351 e. The molecule has 3 rings (SSSR count). The first-order chi connectivity index (χ1) is 11.7. The highest BCUT2D eigenvalue weighted by atomic mass is 32.1. The number of hydrogen-bond acceptors (Lipinski definition) is 5. The Morgan fingerprint density at radius 1 is 1.33 bits per heavy atom. The van der Waals surface area contributed by atoms with Crippen LogP contribution in [0.5, 0.6) is 0 Å². The van der Waals surface area contributed by atoms with Gasteiger partial charge in [-0.2, -0.15) is 5.10 Å². The highest BCUT2D eigenvalue weighted by molar-refractivity contribution is 7.10. The molecule has 0 aliphatic carbocycles. The molecule has 0 radical (unpaired) electrons. The highest BCUT2D eigenvalue weighted by Gasteiger charge is 2.03. The fourth-order valence-electron chi connectivity index (χ4n) is 2.02. The van der Waals surface area contributed by atoms with E-state index in [0.29, 0.717) is 18.9 Å². The Hall–Kier alpha value is -3.00. The first-order valence-corrected chi connectivity index (χ1v) is 8.16. The van der Waals surface area contributed by atoms with Crippen LogP contribution in [0.1, 0.15) is 4.88 Å². The number of thiophene rings is 1. The zero-order valence-corrected chi connectivity index (χ0v) is 13.5. The first-order valence-electron chi connectivity index (χ1n) is 7.28. The van der Waals surface area contributed by atoms with E-state index in [2.05, 4.69) is 15.4 Å². The van der Waals surface area contributed by atoms with E-state index in [1.807, 2.05) is 17.5 Å². The summed E-state index contributed by atoms with van der Waals surface area (Å²) in [5, 5.41) is 8.94. The maximum absolute atomic E-state index is 11.8. The molecule has 1 amide bonds. The van der Waals surface area contributed by atoms with Crippen molar-refractivity contribution in [3.63, 3.8) is 0 Å². The van der Waals surface area contributed by atoms with Crippen LogP contribution < -0.4 is 10.9 Å². The van der Waals surface area contributed by atoms with Crippen LogP contribution in [0.25, 0.3) is 11.9 Å². The summed E-state index contributed by atoms with van der Waals surface area (Å²) in [7, 11) is 0. The summed E-state index contributed by atoms with van der Waals surface area (Å²) in [5.41, 5.74) is -0.220. The van der Waals surface area contributed by atoms with Crippen LogP contribution in [0.15, 0.2) is 59.2 Å². The summed E-state index contributed by atoms with van der Waals surface area (Å²) in [6.07, 6.45) is 8.22. The maximum Gasteiger partial charge on any atom is 0.266 e. The standard InChI is InChI=1S/C16H15N5O2S/c22-15(5-3-13-2-1-11-24-13)18-8-10-21-16(23)6-4-14(19-21)20-9-7-17-12-20/h1-7,9,11-12H,8,10H2,(H,18,22). The van der Waals surface area contributed by atoms with Gasteiger partial charge in [-0.3, -0.25) is 14.2 Å². The van der Waals surface area contributed by atoms with E-state index in [0.717, 1.165) is 4.88 Å². The third-order valence-electron chi connectivity index (χ3n) is 3.19. The Morgan fingerprint density at radius 3 is 3.00 bits per heavy atom. The molecule has 0 unspecified atom stereocenters. The van der Waals surface area contributed by atoms with Crippen molar-refractivity contribution in [2.24, 2.45) is 0 Å². The van der Waals surface area contributed by atoms with E-state index in [1.54, 1.807) is 46.8 Å². The normalized spacial score (nSPS) is 11.0. The van der Waals surface area contributed by atoms with Crippen LogP contribution in [-0.2, 0) is 11.3 Å². The SMILES string of the molecule is O=C(C=Cc1cccs1)NCCn1nc(-n2ccnc2)ccc1=O. The van der Waals surface area contributed by atoms with Gasteiger partial charge in [-0.1, -0.05) is 6.07 Å². The number of carbonyl (C=O) groups excluding carboxylic acids is 1. The van der Waals surface area contributed by atoms with E-state index < -0.39 is 0 Å². The molecule has 3 aromatic rings. The summed E-state index contributed by atoms with van der Waals surface area (Å²) in [6.45, 7) is 0.605. The molecule has 0 aliphatic rings. The molecule has 0 atom stereocenters. The zero-order valence-electron chi connectivity index (χ0n) is 12.7. The third kappa shape index (κ3) is 4.05. The Morgan fingerprint density at radius 2 is 2.25 bits per heavy atom. The van der Waals surface area contributed by atoms with Crippen molar-refractivity contribution in [3.05, 3.63) is 69.7 Å². The summed E-state index contributed by atoms with van der Waals surface area (Å²) in [4.78, 5) is 28.6. The predicted molar refractivity (Wildman–Crippen MR) is 92.0 cm³/mol. The summed E-state index contributed by atoms with van der Waals surface area (Å²) in [5.74, 6) is 0.387. The number of hydrogen-bond donors (Lipinski definition) is 1. The van der Waals surface area contributed by atoms with E-state index >= 15 is 0 Å². The molecule has 8 heteroatoms. The van der Waals surface area contributed by atoms with Gasteiger partial charge in [-0.15, -0.1) is 11.3 Å². The minimum Gasteiger partial charge on any atom is -0.351 e. The molecule has 0 fully saturated rings. The van der Waals surface area contributed by atoms with Crippen molar-refractivity contribution in [1.29, 1.82) is 0 Å². The highest BCUT2D eigenvalue weighted by Crippen LogP contribution is 2.09. The van der Waals surface area contributed by atoms with Gasteiger partial charge in [-0.25, -0.2) is 9.67 Å². The van der Waals surface area contributed by atoms with Gasteiger partial charge >= 0.3 is 0 Å². The van der Waals surface area contributed by atoms with Crippen LogP contribution in [0.4, 0.5) is 0 Å². The fraction of sp³-hybridized carbons (Fsp3) is 0.125. The fourth-order valence-corrected chi connectivity index (χ4v) is 2.64. The minimum atomic E-state index is -0.220. The topological polar surface area (TPSA) is 81.8 Å². The molecule has 3 aromatic heterocycles. The van der Waals surface area contributed by atoms with Gasteiger partial charge in [0.2, 0.25) is 5.91 Å². The van der Waals surface area contributed by atoms with Crippen LogP contribution in [-0.4, -0.2) is 31.8 Å². The van der Waals surface area contributed by atoms with Crippen LogP contribution in [0, 0.1) is 0 Å². The quantitative estimate of drug-likeness (QED) is 0.686. The van der Waals surface area contributed by atoms with Crippen LogP contribution in [0.2, 0.25) is 0 Å². The average molecular weight is 341 g/mol. The second-order valence-electron chi connectivity index (χ2n) is 4.86. The van der Waals surface area contributed by atoms with Crippen molar-refractivity contribution in [2.45, 2.75) is 6.54 Å². The third-order valence-corrected chi connectivity index (χ3v) is 4.02. The van der Waals surface area contributed by atoms with Crippen molar-refractivity contribution < 1.29 is 4.79 Å². The zero-order chi connectivity index (χ0) is 16.8. The Labute approximate surface area is 141 Å². The summed E-state index contributed by atoms with van der Waals surface area (Å²) in [6, 6.07) is 6.93. The molecule has 0 aliphatic heterocycles. The van der Waals surface area contributed by atoms with Gasteiger partial charge in [0, 0.05) is 36.0 Å². The van der Waals surface area contributed by atoms with Gasteiger partial charge < -0.3 is 5.32 Å². The molecule has 3 heterocycles. The number of amides is 1. The molecule has 0 spiro atoms. The van der Waals surface area contributed by atoms with Gasteiger partial charge in [0.25, 0.3) is 5.56 Å². The lowest BCUT2D eigenvalue weighted by molar-refractivity contribution is -0.116. The second kappa shape index (κ2) is 7.51. The van der Waals surface area contributed by atoms with Crippen LogP contribution in [0.3, 0.4) is 0 Å². The summed E-state index contributed by atoms with van der Waals surface area (Å²) >= 11 is 1.56. The number of aromatic nitrogens is 4. The lowest BCUT2D eigenvalue weighted by Crippen LogP contribution is -2.31. The Balaban J connectivity index is 1.57. The van der Waals surface area contributed by atoms with Gasteiger partial charge in [0.05, 0.1) is 6.54 Å². The number of nitrogens with one attached hydrogen (secondary N) is 1. The Bertz CT molecular complexity index is 882. The van der Waals surface area contributed by atoms with Gasteiger partial charge in [0.15, 0.2) is 5.82 Å². The molecule has 24 heavy (non-hydrogen) atoms. The van der Waals surface area contributed by atoms with Crippen molar-refractivity contribution in [2.75, 3.05) is 6.54 Å². The molecular weight excluding hydrogens is 326 g/mol. The first kappa shape index (κ1) is 15.9. The molecule has 0 saturated carbocycles. The smallest absolute Gasteiger partial charge is 0.266 e. The molecule has 1 N–H and O–H groups in total. The molecule has 0 aromatic carbocycles. The number of carbonyl (C=O) groups is 1. The van der Waals surface area contributed by atoms with Crippen LogP contribution >= 0.6 is 11.3 Å². The van der Waals surface area contributed by atoms with E-state index in [-0.39, 0.29) is 11.5 Å². The summed E-state index contributed by atoms with van der Waals surface area (Å²) < 4.78 is 3.02.